The Hall–Kier alpha value is -1.58. The fourth-order valence-electron chi connectivity index (χ4n) is 2.27. The number of carbonyl (C=O) groups excluding carboxylic acids is 1. The van der Waals surface area contributed by atoms with E-state index < -0.39 is 5.97 Å². The van der Waals surface area contributed by atoms with Crippen LogP contribution in [-0.4, -0.2) is 24.6 Å². The zero-order valence-corrected chi connectivity index (χ0v) is 11.0. The molecule has 4 heteroatoms. The monoisotopic (exact) mass is 248 g/mol. The first kappa shape index (κ1) is 12.9. The molecule has 0 atom stereocenters. The minimum Gasteiger partial charge on any atom is -0.464 e. The van der Waals surface area contributed by atoms with Crippen molar-refractivity contribution in [2.75, 3.05) is 19.0 Å². The molecule has 1 aliphatic carbocycles. The average Bonchev–Trinajstić information content (AvgIpc) is 3.17. The number of hydrogen-bond donors (Lipinski definition) is 1. The van der Waals surface area contributed by atoms with Gasteiger partial charge in [0.25, 0.3) is 0 Å². The van der Waals surface area contributed by atoms with Gasteiger partial charge in [-0.15, -0.1) is 0 Å². The van der Waals surface area contributed by atoms with Crippen molar-refractivity contribution in [1.29, 1.82) is 0 Å². The highest BCUT2D eigenvalue weighted by Gasteiger charge is 2.40. The molecule has 1 heterocycles. The van der Waals surface area contributed by atoms with Crippen LogP contribution in [0.1, 0.15) is 43.1 Å². The first-order valence-electron chi connectivity index (χ1n) is 6.47. The molecule has 0 saturated heterocycles. The maximum absolute atomic E-state index is 11.4. The highest BCUT2D eigenvalue weighted by atomic mass is 16.5. The molecule has 98 valence electrons. The Bertz CT molecular complexity index is 428. The summed E-state index contributed by atoms with van der Waals surface area (Å²) in [5.41, 5.74) is 1.78. The van der Waals surface area contributed by atoms with Gasteiger partial charge in [0, 0.05) is 18.4 Å². The molecule has 1 N–H and O–H groups in total. The van der Waals surface area contributed by atoms with Crippen molar-refractivity contribution in [3.8, 4) is 0 Å². The number of aromatic nitrogens is 1. The lowest BCUT2D eigenvalue weighted by molar-refractivity contribution is 0.0594. The number of nitrogens with zero attached hydrogens (tertiary/aromatic N) is 1. The van der Waals surface area contributed by atoms with E-state index in [0.29, 0.717) is 11.1 Å². The van der Waals surface area contributed by atoms with Crippen LogP contribution in [0.3, 0.4) is 0 Å². The van der Waals surface area contributed by atoms with Gasteiger partial charge in [-0.2, -0.15) is 0 Å². The number of hydrogen-bond acceptors (Lipinski definition) is 4. The van der Waals surface area contributed by atoms with Crippen molar-refractivity contribution in [3.63, 3.8) is 0 Å². The van der Waals surface area contributed by atoms with Gasteiger partial charge >= 0.3 is 5.97 Å². The third-order valence-corrected chi connectivity index (χ3v) is 3.56. The molecule has 1 fully saturated rings. The molecule has 2 rings (SSSR count). The van der Waals surface area contributed by atoms with Gasteiger partial charge in [-0.1, -0.05) is 13.3 Å². The van der Waals surface area contributed by atoms with E-state index in [2.05, 4.69) is 22.0 Å². The van der Waals surface area contributed by atoms with Crippen LogP contribution >= 0.6 is 0 Å². The topological polar surface area (TPSA) is 51.2 Å². The molecular weight excluding hydrogens is 228 g/mol. The van der Waals surface area contributed by atoms with Crippen LogP contribution in [0.5, 0.6) is 0 Å². The first-order valence-corrected chi connectivity index (χ1v) is 6.47. The molecule has 1 aliphatic rings. The van der Waals surface area contributed by atoms with Gasteiger partial charge < -0.3 is 10.1 Å². The maximum Gasteiger partial charge on any atom is 0.356 e. The molecular formula is C14H20N2O2. The molecule has 4 nitrogen and oxygen atoms in total. The van der Waals surface area contributed by atoms with E-state index >= 15 is 0 Å². The fraction of sp³-hybridized carbons (Fsp3) is 0.571. The molecule has 0 unspecified atom stereocenters. The van der Waals surface area contributed by atoms with Crippen molar-refractivity contribution in [2.45, 2.75) is 32.6 Å². The molecule has 1 saturated carbocycles. The lowest BCUT2D eigenvalue weighted by Gasteiger charge is -2.16. The van der Waals surface area contributed by atoms with E-state index in [1.165, 1.54) is 32.8 Å². The van der Waals surface area contributed by atoms with Gasteiger partial charge in [-0.05, 0) is 36.8 Å². The summed E-state index contributed by atoms with van der Waals surface area (Å²) < 4.78 is 4.66. The van der Waals surface area contributed by atoms with Crippen LogP contribution in [0.4, 0.5) is 5.69 Å². The van der Waals surface area contributed by atoms with Crippen molar-refractivity contribution >= 4 is 11.7 Å². The van der Waals surface area contributed by atoms with Crippen LogP contribution in [0.15, 0.2) is 18.3 Å². The maximum atomic E-state index is 11.4. The summed E-state index contributed by atoms with van der Waals surface area (Å²) in [5, 5.41) is 3.40. The Morgan fingerprint density at radius 2 is 2.33 bits per heavy atom. The van der Waals surface area contributed by atoms with Crippen LogP contribution < -0.4 is 5.32 Å². The van der Waals surface area contributed by atoms with E-state index in [1.54, 1.807) is 12.3 Å². The Labute approximate surface area is 108 Å². The molecule has 0 spiro atoms. The lowest BCUT2D eigenvalue weighted by atomic mass is 10.0. The van der Waals surface area contributed by atoms with Crippen LogP contribution in [0.25, 0.3) is 0 Å². The quantitative estimate of drug-likeness (QED) is 0.786. The summed E-state index contributed by atoms with van der Waals surface area (Å²) >= 11 is 0. The third-order valence-electron chi connectivity index (χ3n) is 3.56. The normalized spacial score (nSPS) is 16.1. The molecule has 0 amide bonds. The summed E-state index contributed by atoms with van der Waals surface area (Å²) in [6.07, 6.45) is 6.75. The molecule has 18 heavy (non-hydrogen) atoms. The number of methoxy groups -OCH3 is 1. The van der Waals surface area contributed by atoms with Crippen molar-refractivity contribution in [3.05, 3.63) is 24.0 Å². The Balaban J connectivity index is 1.95. The minimum atomic E-state index is -0.395. The van der Waals surface area contributed by atoms with E-state index in [4.69, 9.17) is 0 Å². The molecule has 0 aliphatic heterocycles. The van der Waals surface area contributed by atoms with Crippen LogP contribution in [0.2, 0.25) is 0 Å². The van der Waals surface area contributed by atoms with E-state index in [9.17, 15) is 4.79 Å². The van der Waals surface area contributed by atoms with Gasteiger partial charge in [-0.3, -0.25) is 0 Å². The van der Waals surface area contributed by atoms with E-state index in [0.717, 1.165) is 12.2 Å². The Kier molecular flexibility index (Phi) is 3.84. The largest absolute Gasteiger partial charge is 0.464 e. The highest BCUT2D eigenvalue weighted by Crippen LogP contribution is 2.49. The number of carbonyl (C=O) groups is 1. The number of rotatable bonds is 6. The zero-order valence-electron chi connectivity index (χ0n) is 11.0. The van der Waals surface area contributed by atoms with Gasteiger partial charge in [-0.25, -0.2) is 9.78 Å². The second-order valence-corrected chi connectivity index (χ2v) is 5.02. The van der Waals surface area contributed by atoms with Crippen LogP contribution in [0, 0.1) is 5.41 Å². The molecule has 1 aromatic rings. The van der Waals surface area contributed by atoms with Crippen LogP contribution in [-0.2, 0) is 4.74 Å². The van der Waals surface area contributed by atoms with Crippen molar-refractivity contribution < 1.29 is 9.53 Å². The summed E-state index contributed by atoms with van der Waals surface area (Å²) in [5.74, 6) is -0.395. The van der Waals surface area contributed by atoms with Crippen molar-refractivity contribution in [1.82, 2.24) is 4.98 Å². The van der Waals surface area contributed by atoms with Crippen molar-refractivity contribution in [2.24, 2.45) is 5.41 Å². The standard InChI is InChI=1S/C14H20N2O2/c1-3-5-14(6-7-14)10-16-11-4-8-15-12(9-11)13(17)18-2/h4,8-9H,3,5-7,10H2,1-2H3,(H,15,16). The zero-order chi connectivity index (χ0) is 13.0. The number of esters is 1. The van der Waals surface area contributed by atoms with Gasteiger partial charge in [0.2, 0.25) is 0 Å². The molecule has 0 aromatic carbocycles. The second kappa shape index (κ2) is 5.38. The third kappa shape index (κ3) is 3.00. The molecule has 0 radical (unpaired) electrons. The minimum absolute atomic E-state index is 0.350. The summed E-state index contributed by atoms with van der Waals surface area (Å²) in [4.78, 5) is 15.4. The summed E-state index contributed by atoms with van der Waals surface area (Å²) in [6.45, 7) is 3.20. The number of anilines is 1. The SMILES string of the molecule is CCCC1(CNc2ccnc(C(=O)OC)c2)CC1. The van der Waals surface area contributed by atoms with E-state index in [-0.39, 0.29) is 0 Å². The predicted molar refractivity (Wildman–Crippen MR) is 70.6 cm³/mol. The second-order valence-electron chi connectivity index (χ2n) is 5.02. The number of nitrogens with one attached hydrogen (secondary N) is 1. The van der Waals surface area contributed by atoms with Gasteiger partial charge in [0.1, 0.15) is 5.69 Å². The summed E-state index contributed by atoms with van der Waals surface area (Å²) in [6, 6.07) is 3.63. The smallest absolute Gasteiger partial charge is 0.356 e. The number of pyridine rings is 1. The Morgan fingerprint density at radius 3 is 2.94 bits per heavy atom. The van der Waals surface area contributed by atoms with Gasteiger partial charge in [0.05, 0.1) is 7.11 Å². The van der Waals surface area contributed by atoms with E-state index in [1.807, 2.05) is 6.07 Å². The molecule has 0 bridgehead atoms. The van der Waals surface area contributed by atoms with Gasteiger partial charge in [0.15, 0.2) is 0 Å². The summed E-state index contributed by atoms with van der Waals surface area (Å²) in [7, 11) is 1.37. The Morgan fingerprint density at radius 1 is 1.56 bits per heavy atom. The average molecular weight is 248 g/mol. The molecule has 1 aromatic heterocycles. The fourth-order valence-corrected chi connectivity index (χ4v) is 2.27. The predicted octanol–water partition coefficient (Wildman–Crippen LogP) is 2.86. The first-order chi connectivity index (χ1) is 8.69. The number of ether oxygens (including phenoxy) is 1. The highest BCUT2D eigenvalue weighted by molar-refractivity contribution is 5.88. The lowest BCUT2D eigenvalue weighted by Crippen LogP contribution is -2.15.